The second-order valence-electron chi connectivity index (χ2n) is 5.58. The number of rotatable bonds is 5. The van der Waals surface area contributed by atoms with Gasteiger partial charge in [-0.1, -0.05) is 23.7 Å². The molecule has 1 aliphatic rings. The van der Waals surface area contributed by atoms with Crippen LogP contribution in [0.15, 0.2) is 36.4 Å². The van der Waals surface area contributed by atoms with Crippen LogP contribution in [0.5, 0.6) is 17.2 Å². The molecule has 6 nitrogen and oxygen atoms in total. The third-order valence-electron chi connectivity index (χ3n) is 4.10. The molecule has 8 heteroatoms. The number of anilines is 1. The van der Waals surface area contributed by atoms with Crippen LogP contribution in [0.4, 0.5) is 5.69 Å². The number of carbonyl (C=O) groups excluding carboxylic acids is 1. The van der Waals surface area contributed by atoms with E-state index in [1.165, 1.54) is 26.2 Å². The number of nitrogens with zero attached hydrogens (tertiary/aromatic N) is 1. The maximum absolute atomic E-state index is 12.6. The molecular weight excluding hydrogens is 378 g/mol. The first-order chi connectivity index (χ1) is 12.5. The van der Waals surface area contributed by atoms with E-state index in [1.807, 2.05) is 0 Å². The highest BCUT2D eigenvalue weighted by Crippen LogP contribution is 2.44. The Balaban J connectivity index is 2.12. The number of carbonyl (C=O) groups is 1. The molecule has 2 atom stereocenters. The first-order valence-electron chi connectivity index (χ1n) is 7.74. The van der Waals surface area contributed by atoms with Crippen molar-refractivity contribution in [2.45, 2.75) is 5.37 Å². The Hall–Kier alpha value is -2.25. The van der Waals surface area contributed by atoms with E-state index in [4.69, 9.17) is 25.8 Å². The fourth-order valence-electron chi connectivity index (χ4n) is 2.93. The molecule has 1 saturated heterocycles. The number of ether oxygens (including phenoxy) is 3. The van der Waals surface area contributed by atoms with Gasteiger partial charge in [0.25, 0.3) is 0 Å². The van der Waals surface area contributed by atoms with Crippen molar-refractivity contribution < 1.29 is 23.2 Å². The Kier molecular flexibility index (Phi) is 5.38. The summed E-state index contributed by atoms with van der Waals surface area (Å²) < 4.78 is 28.7. The lowest BCUT2D eigenvalue weighted by Gasteiger charge is -2.25. The fourth-order valence-corrected chi connectivity index (χ4v) is 4.53. The SMILES string of the molecule is COc1cc(N2C(=O)CS(=O)C2c2ccc(Cl)cc2)cc(OC)c1OC. The molecule has 0 bridgehead atoms. The van der Waals surface area contributed by atoms with Crippen molar-refractivity contribution in [3.63, 3.8) is 0 Å². The molecule has 0 saturated carbocycles. The molecule has 138 valence electrons. The molecule has 3 rings (SSSR count). The predicted molar refractivity (Wildman–Crippen MR) is 101 cm³/mol. The first kappa shape index (κ1) is 18.5. The minimum atomic E-state index is -1.38. The standard InChI is InChI=1S/C18H18ClNO5S/c1-23-14-8-13(9-15(24-2)17(14)25-3)20-16(21)10-26(22)18(20)11-4-6-12(19)7-5-11/h4-9,18H,10H2,1-3H3. The topological polar surface area (TPSA) is 65.1 Å². The van der Waals surface area contributed by atoms with Crippen molar-refractivity contribution in [1.29, 1.82) is 0 Å². The molecule has 1 fully saturated rings. The summed E-state index contributed by atoms with van der Waals surface area (Å²) >= 11 is 5.95. The first-order valence-corrected chi connectivity index (χ1v) is 9.51. The van der Waals surface area contributed by atoms with Gasteiger partial charge in [-0.05, 0) is 17.7 Å². The number of amides is 1. The van der Waals surface area contributed by atoms with Crippen LogP contribution in [0.1, 0.15) is 10.9 Å². The largest absolute Gasteiger partial charge is 0.493 e. The summed E-state index contributed by atoms with van der Waals surface area (Å²) in [4.78, 5) is 14.1. The molecule has 2 unspecified atom stereocenters. The molecule has 0 spiro atoms. The molecule has 0 radical (unpaired) electrons. The zero-order valence-corrected chi connectivity index (χ0v) is 16.1. The number of hydrogen-bond donors (Lipinski definition) is 0. The number of hydrogen-bond acceptors (Lipinski definition) is 5. The second kappa shape index (κ2) is 7.55. The number of methoxy groups -OCH3 is 3. The second-order valence-corrected chi connectivity index (χ2v) is 7.51. The van der Waals surface area contributed by atoms with Crippen molar-refractivity contribution in [2.75, 3.05) is 32.0 Å². The van der Waals surface area contributed by atoms with Gasteiger partial charge >= 0.3 is 0 Å². The van der Waals surface area contributed by atoms with Gasteiger partial charge in [-0.25, -0.2) is 0 Å². The van der Waals surface area contributed by atoms with Gasteiger partial charge in [-0.15, -0.1) is 0 Å². The Morgan fingerprint density at radius 2 is 1.62 bits per heavy atom. The predicted octanol–water partition coefficient (Wildman–Crippen LogP) is 3.16. The Morgan fingerprint density at radius 1 is 1.04 bits per heavy atom. The van der Waals surface area contributed by atoms with Crippen LogP contribution in [0.3, 0.4) is 0 Å². The van der Waals surface area contributed by atoms with E-state index in [2.05, 4.69) is 0 Å². The van der Waals surface area contributed by atoms with Crippen LogP contribution < -0.4 is 19.1 Å². The molecule has 1 amide bonds. The van der Waals surface area contributed by atoms with E-state index in [0.717, 1.165) is 5.56 Å². The molecule has 1 heterocycles. The molecule has 1 aliphatic heterocycles. The van der Waals surface area contributed by atoms with Gasteiger partial charge in [0, 0.05) is 17.2 Å². The van der Waals surface area contributed by atoms with E-state index in [0.29, 0.717) is 28.0 Å². The van der Waals surface area contributed by atoms with Gasteiger partial charge < -0.3 is 14.2 Å². The molecule has 0 aromatic heterocycles. The highest BCUT2D eigenvalue weighted by atomic mass is 35.5. The molecule has 0 N–H and O–H groups in total. The van der Waals surface area contributed by atoms with E-state index >= 15 is 0 Å². The van der Waals surface area contributed by atoms with Gasteiger partial charge in [-0.3, -0.25) is 13.9 Å². The highest BCUT2D eigenvalue weighted by Gasteiger charge is 2.40. The van der Waals surface area contributed by atoms with Crippen LogP contribution >= 0.6 is 11.6 Å². The fraction of sp³-hybridized carbons (Fsp3) is 0.278. The maximum Gasteiger partial charge on any atom is 0.241 e. The number of benzene rings is 2. The van der Waals surface area contributed by atoms with Crippen LogP contribution in [-0.4, -0.2) is 37.2 Å². The Labute approximate surface area is 159 Å². The zero-order chi connectivity index (χ0) is 18.8. The monoisotopic (exact) mass is 395 g/mol. The van der Waals surface area contributed by atoms with E-state index < -0.39 is 16.2 Å². The highest BCUT2D eigenvalue weighted by molar-refractivity contribution is 7.86. The summed E-state index contributed by atoms with van der Waals surface area (Å²) in [6.45, 7) is 0. The van der Waals surface area contributed by atoms with Crippen LogP contribution in [-0.2, 0) is 15.6 Å². The van der Waals surface area contributed by atoms with Crippen LogP contribution in [0.25, 0.3) is 0 Å². The van der Waals surface area contributed by atoms with Crippen molar-refractivity contribution in [3.8, 4) is 17.2 Å². The third kappa shape index (κ3) is 3.24. The molecule has 2 aromatic carbocycles. The van der Waals surface area contributed by atoms with Crippen molar-refractivity contribution in [2.24, 2.45) is 0 Å². The van der Waals surface area contributed by atoms with Gasteiger partial charge in [0.15, 0.2) is 11.5 Å². The molecular formula is C18H18ClNO5S. The van der Waals surface area contributed by atoms with Gasteiger partial charge in [0.05, 0.1) is 37.8 Å². The lowest BCUT2D eigenvalue weighted by molar-refractivity contribution is -0.115. The van der Waals surface area contributed by atoms with E-state index in [1.54, 1.807) is 36.4 Å². The van der Waals surface area contributed by atoms with E-state index in [9.17, 15) is 9.00 Å². The lowest BCUT2D eigenvalue weighted by Crippen LogP contribution is -2.28. The summed E-state index contributed by atoms with van der Waals surface area (Å²) in [6, 6.07) is 10.3. The van der Waals surface area contributed by atoms with Crippen LogP contribution in [0.2, 0.25) is 5.02 Å². The van der Waals surface area contributed by atoms with Crippen molar-refractivity contribution >= 4 is 34.0 Å². The summed E-state index contributed by atoms with van der Waals surface area (Å²) in [5.74, 6) is 0.973. The van der Waals surface area contributed by atoms with Crippen LogP contribution in [0, 0.1) is 0 Å². The van der Waals surface area contributed by atoms with Gasteiger partial charge in [0.1, 0.15) is 11.1 Å². The normalized spacial score (nSPS) is 19.5. The summed E-state index contributed by atoms with van der Waals surface area (Å²) in [5.41, 5.74) is 1.27. The molecule has 26 heavy (non-hydrogen) atoms. The minimum absolute atomic E-state index is 0.0516. The Bertz CT molecular complexity index is 830. The lowest BCUT2D eigenvalue weighted by atomic mass is 10.1. The smallest absolute Gasteiger partial charge is 0.241 e. The molecule has 0 aliphatic carbocycles. The maximum atomic E-state index is 12.6. The van der Waals surface area contributed by atoms with E-state index in [-0.39, 0.29) is 11.7 Å². The van der Waals surface area contributed by atoms with Gasteiger partial charge in [-0.2, -0.15) is 0 Å². The summed E-state index contributed by atoms with van der Waals surface area (Å²) in [5, 5.41) is -0.0363. The molecule has 2 aromatic rings. The quantitative estimate of drug-likeness (QED) is 0.778. The van der Waals surface area contributed by atoms with Gasteiger partial charge in [0.2, 0.25) is 11.7 Å². The van der Waals surface area contributed by atoms with Crippen molar-refractivity contribution in [1.82, 2.24) is 0 Å². The number of halogens is 1. The average molecular weight is 396 g/mol. The minimum Gasteiger partial charge on any atom is -0.493 e. The van der Waals surface area contributed by atoms with Crippen molar-refractivity contribution in [3.05, 3.63) is 47.0 Å². The zero-order valence-electron chi connectivity index (χ0n) is 14.5. The Morgan fingerprint density at radius 3 is 2.12 bits per heavy atom. The summed E-state index contributed by atoms with van der Waals surface area (Å²) in [7, 11) is 3.13. The summed E-state index contributed by atoms with van der Waals surface area (Å²) in [6.07, 6.45) is 0. The average Bonchev–Trinajstić information content (AvgIpc) is 2.95. The third-order valence-corrected chi connectivity index (χ3v) is 5.87.